The Kier molecular flexibility index (Phi) is 5.71. The van der Waals surface area contributed by atoms with Gasteiger partial charge in [0.1, 0.15) is 12.4 Å². The molecule has 0 aliphatic rings. The smallest absolute Gasteiger partial charge is 0.319 e. The average molecular weight is 371 g/mol. The summed E-state index contributed by atoms with van der Waals surface area (Å²) in [5.74, 6) is -1.30. The standard InChI is InChI=1S/C15H13BrF2N2O2/c16-10-2-1-3-12(8-10)22-7-6-19-15(21)20-11-4-5-13(17)14(18)9-11/h1-5,8-9H,6-7H2,(H2,19,20,21). The molecular formula is C15H13BrF2N2O2. The summed E-state index contributed by atoms with van der Waals surface area (Å²) in [6.45, 7) is 0.545. The predicted octanol–water partition coefficient (Wildman–Crippen LogP) is 3.93. The van der Waals surface area contributed by atoms with Crippen molar-refractivity contribution in [2.75, 3.05) is 18.5 Å². The topological polar surface area (TPSA) is 50.4 Å². The second-order valence-electron chi connectivity index (χ2n) is 4.32. The summed E-state index contributed by atoms with van der Waals surface area (Å²) >= 11 is 3.33. The third-order valence-electron chi connectivity index (χ3n) is 2.63. The quantitative estimate of drug-likeness (QED) is 0.783. The van der Waals surface area contributed by atoms with Crippen LogP contribution in [0.2, 0.25) is 0 Å². The predicted molar refractivity (Wildman–Crippen MR) is 83.0 cm³/mol. The van der Waals surface area contributed by atoms with E-state index in [0.717, 1.165) is 16.6 Å². The van der Waals surface area contributed by atoms with Crippen LogP contribution in [0.3, 0.4) is 0 Å². The van der Waals surface area contributed by atoms with Gasteiger partial charge >= 0.3 is 6.03 Å². The zero-order valence-electron chi connectivity index (χ0n) is 11.4. The van der Waals surface area contributed by atoms with E-state index in [1.807, 2.05) is 12.1 Å². The minimum atomic E-state index is -1.02. The van der Waals surface area contributed by atoms with Gasteiger partial charge in [0, 0.05) is 16.2 Å². The van der Waals surface area contributed by atoms with Crippen LogP contribution in [0.5, 0.6) is 5.75 Å². The summed E-state index contributed by atoms with van der Waals surface area (Å²) in [4.78, 5) is 11.6. The lowest BCUT2D eigenvalue weighted by Gasteiger charge is -2.09. The van der Waals surface area contributed by atoms with E-state index in [1.54, 1.807) is 12.1 Å². The van der Waals surface area contributed by atoms with E-state index in [4.69, 9.17) is 4.74 Å². The highest BCUT2D eigenvalue weighted by Crippen LogP contribution is 2.17. The average Bonchev–Trinajstić information content (AvgIpc) is 2.48. The molecule has 0 atom stereocenters. The fourth-order valence-corrected chi connectivity index (χ4v) is 2.02. The van der Waals surface area contributed by atoms with E-state index >= 15 is 0 Å². The van der Waals surface area contributed by atoms with Crippen LogP contribution >= 0.6 is 15.9 Å². The second-order valence-corrected chi connectivity index (χ2v) is 5.23. The molecule has 0 aliphatic heterocycles. The van der Waals surface area contributed by atoms with Crippen molar-refractivity contribution in [1.29, 1.82) is 0 Å². The Bertz CT molecular complexity index is 668. The maximum Gasteiger partial charge on any atom is 0.319 e. The molecule has 116 valence electrons. The van der Waals surface area contributed by atoms with Crippen molar-refractivity contribution in [2.45, 2.75) is 0 Å². The van der Waals surface area contributed by atoms with Crippen LogP contribution in [0.1, 0.15) is 0 Å². The Balaban J connectivity index is 1.72. The van der Waals surface area contributed by atoms with Crippen molar-refractivity contribution in [3.05, 3.63) is 58.6 Å². The molecule has 2 aromatic carbocycles. The Morgan fingerprint density at radius 2 is 1.95 bits per heavy atom. The third kappa shape index (κ3) is 5.00. The highest BCUT2D eigenvalue weighted by molar-refractivity contribution is 9.10. The first-order valence-corrected chi connectivity index (χ1v) is 7.22. The lowest BCUT2D eigenvalue weighted by molar-refractivity contribution is 0.247. The van der Waals surface area contributed by atoms with Crippen molar-refractivity contribution in [2.24, 2.45) is 0 Å². The van der Waals surface area contributed by atoms with Crippen LogP contribution in [-0.4, -0.2) is 19.2 Å². The van der Waals surface area contributed by atoms with Crippen molar-refractivity contribution >= 4 is 27.6 Å². The molecule has 22 heavy (non-hydrogen) atoms. The van der Waals surface area contributed by atoms with Crippen LogP contribution in [0.15, 0.2) is 46.9 Å². The number of benzene rings is 2. The number of carbonyl (C=O) groups is 1. The molecule has 0 bridgehead atoms. The maximum atomic E-state index is 13.0. The number of ether oxygens (including phenoxy) is 1. The third-order valence-corrected chi connectivity index (χ3v) is 3.12. The van der Waals surface area contributed by atoms with Crippen LogP contribution in [0, 0.1) is 11.6 Å². The molecule has 0 spiro atoms. The number of rotatable bonds is 5. The first-order chi connectivity index (χ1) is 10.5. The van der Waals surface area contributed by atoms with Gasteiger partial charge in [0.15, 0.2) is 11.6 Å². The summed E-state index contributed by atoms with van der Waals surface area (Å²) in [5.41, 5.74) is 0.171. The van der Waals surface area contributed by atoms with Gasteiger partial charge in [0.05, 0.1) is 6.54 Å². The number of urea groups is 1. The SMILES string of the molecule is O=C(NCCOc1cccc(Br)c1)Nc1ccc(F)c(F)c1. The van der Waals surface area contributed by atoms with Crippen molar-refractivity contribution in [1.82, 2.24) is 5.32 Å². The molecule has 0 fully saturated rings. The molecule has 0 unspecified atom stereocenters. The number of anilines is 1. The van der Waals surface area contributed by atoms with Crippen LogP contribution < -0.4 is 15.4 Å². The number of nitrogens with one attached hydrogen (secondary N) is 2. The molecule has 0 aromatic heterocycles. The second kappa shape index (κ2) is 7.74. The van der Waals surface area contributed by atoms with Gasteiger partial charge in [-0.25, -0.2) is 13.6 Å². The Hall–Kier alpha value is -2.15. The van der Waals surface area contributed by atoms with Gasteiger partial charge in [-0.2, -0.15) is 0 Å². The number of carbonyl (C=O) groups excluding carboxylic acids is 1. The van der Waals surface area contributed by atoms with Gasteiger partial charge in [-0.15, -0.1) is 0 Å². The summed E-state index contributed by atoms with van der Waals surface area (Å²) in [6.07, 6.45) is 0. The normalized spacial score (nSPS) is 10.1. The summed E-state index contributed by atoms with van der Waals surface area (Å²) in [6, 6.07) is 9.92. The van der Waals surface area contributed by atoms with E-state index in [-0.39, 0.29) is 18.8 Å². The largest absolute Gasteiger partial charge is 0.492 e. The molecule has 0 saturated carbocycles. The number of hydrogen-bond donors (Lipinski definition) is 2. The van der Waals surface area contributed by atoms with Crippen molar-refractivity contribution < 1.29 is 18.3 Å². The van der Waals surface area contributed by atoms with Crippen LogP contribution in [0.25, 0.3) is 0 Å². The van der Waals surface area contributed by atoms with Gasteiger partial charge in [0.25, 0.3) is 0 Å². The highest BCUT2D eigenvalue weighted by Gasteiger charge is 2.05. The molecular weight excluding hydrogens is 358 g/mol. The number of amides is 2. The minimum Gasteiger partial charge on any atom is -0.492 e. The molecule has 4 nitrogen and oxygen atoms in total. The summed E-state index contributed by atoms with van der Waals surface area (Å²) < 4.78 is 32.1. The van der Waals surface area contributed by atoms with Gasteiger partial charge < -0.3 is 15.4 Å². The maximum absolute atomic E-state index is 13.0. The molecule has 2 amide bonds. The summed E-state index contributed by atoms with van der Waals surface area (Å²) in [7, 11) is 0. The number of hydrogen-bond acceptors (Lipinski definition) is 2. The molecule has 0 radical (unpaired) electrons. The van der Waals surface area contributed by atoms with E-state index in [2.05, 4.69) is 26.6 Å². The summed E-state index contributed by atoms with van der Waals surface area (Å²) in [5, 5.41) is 4.95. The zero-order valence-corrected chi connectivity index (χ0v) is 13.0. The van der Waals surface area contributed by atoms with E-state index in [0.29, 0.717) is 5.75 Å². The van der Waals surface area contributed by atoms with Gasteiger partial charge in [0.2, 0.25) is 0 Å². The molecule has 7 heteroatoms. The molecule has 2 rings (SSSR count). The van der Waals surface area contributed by atoms with E-state index in [9.17, 15) is 13.6 Å². The molecule has 2 N–H and O–H groups in total. The highest BCUT2D eigenvalue weighted by atomic mass is 79.9. The lowest BCUT2D eigenvalue weighted by Crippen LogP contribution is -2.32. The van der Waals surface area contributed by atoms with Gasteiger partial charge in [-0.05, 0) is 30.3 Å². The van der Waals surface area contributed by atoms with Crippen molar-refractivity contribution in [3.63, 3.8) is 0 Å². The van der Waals surface area contributed by atoms with Gasteiger partial charge in [-0.3, -0.25) is 0 Å². The Morgan fingerprint density at radius 3 is 2.68 bits per heavy atom. The van der Waals surface area contributed by atoms with Crippen molar-refractivity contribution in [3.8, 4) is 5.75 Å². The van der Waals surface area contributed by atoms with Crippen LogP contribution in [0.4, 0.5) is 19.3 Å². The van der Waals surface area contributed by atoms with E-state index in [1.165, 1.54) is 6.07 Å². The Morgan fingerprint density at radius 1 is 1.14 bits per heavy atom. The number of halogens is 3. The monoisotopic (exact) mass is 370 g/mol. The fraction of sp³-hybridized carbons (Fsp3) is 0.133. The molecule has 2 aromatic rings. The first kappa shape index (κ1) is 16.2. The van der Waals surface area contributed by atoms with E-state index < -0.39 is 17.7 Å². The fourth-order valence-electron chi connectivity index (χ4n) is 1.64. The molecule has 0 aliphatic carbocycles. The zero-order chi connectivity index (χ0) is 15.9. The van der Waals surface area contributed by atoms with Gasteiger partial charge in [-0.1, -0.05) is 22.0 Å². The lowest BCUT2D eigenvalue weighted by atomic mass is 10.3. The Labute approximate surface area is 134 Å². The minimum absolute atomic E-state index is 0.171. The first-order valence-electron chi connectivity index (χ1n) is 6.43. The molecule has 0 heterocycles. The van der Waals surface area contributed by atoms with Crippen LogP contribution in [-0.2, 0) is 0 Å². The molecule has 0 saturated heterocycles.